The van der Waals surface area contributed by atoms with Crippen LogP contribution in [-0.2, 0) is 19.2 Å². The molecule has 2 aromatic rings. The monoisotopic (exact) mass is 222 g/mol. The van der Waals surface area contributed by atoms with Gasteiger partial charge in [0, 0.05) is 0 Å². The van der Waals surface area contributed by atoms with Crippen LogP contribution in [0.2, 0.25) is 0 Å². The summed E-state index contributed by atoms with van der Waals surface area (Å²) in [6.45, 7) is 0. The zero-order chi connectivity index (χ0) is 8.93. The number of halogens is 1. The quantitative estimate of drug-likeness (QED) is 0.680. The second-order valence-electron chi connectivity index (χ2n) is 2.86. The summed E-state index contributed by atoms with van der Waals surface area (Å²) in [5.41, 5.74) is 0. The van der Waals surface area contributed by atoms with E-state index < -0.39 is 0 Å². The first kappa shape index (κ1) is 11.2. The van der Waals surface area contributed by atoms with Crippen LogP contribution in [0.1, 0.15) is 0 Å². The fourth-order valence-corrected chi connectivity index (χ4v) is 2.85. The van der Waals surface area contributed by atoms with Gasteiger partial charge >= 0.3 is 87.6 Å². The van der Waals surface area contributed by atoms with Gasteiger partial charge in [-0.1, -0.05) is 0 Å². The molecule has 0 aliphatic heterocycles. The second-order valence-corrected chi connectivity index (χ2v) is 5.05. The number of benzene rings is 2. The molecule has 0 amide bonds. The van der Waals surface area contributed by atoms with E-state index in [1.54, 1.807) is 0 Å². The topological polar surface area (TPSA) is 0 Å². The molecule has 0 fully saturated rings. The Bertz CT molecular complexity index is 321. The molecule has 0 aromatic heterocycles. The second kappa shape index (κ2) is 5.74. The summed E-state index contributed by atoms with van der Waals surface area (Å²) in [6.07, 6.45) is 0. The van der Waals surface area contributed by atoms with Crippen molar-refractivity contribution in [1.82, 2.24) is 0 Å². The van der Waals surface area contributed by atoms with E-state index in [2.05, 4.69) is 60.7 Å². The molecule has 0 aliphatic carbocycles. The predicted molar refractivity (Wildman–Crippen MR) is 54.7 cm³/mol. The first-order valence-electron chi connectivity index (χ1n) is 4.32. The van der Waals surface area contributed by atoms with Crippen molar-refractivity contribution in [2.24, 2.45) is 0 Å². The van der Waals surface area contributed by atoms with E-state index in [-0.39, 0.29) is 23.9 Å². The van der Waals surface area contributed by atoms with Gasteiger partial charge in [0.2, 0.25) is 0 Å². The normalized spacial score (nSPS) is 8.86. The summed E-state index contributed by atoms with van der Waals surface area (Å²) in [5, 5.41) is 0. The first-order chi connectivity index (χ1) is 6.45. The van der Waals surface area contributed by atoms with Crippen molar-refractivity contribution in [3.8, 4) is 0 Å². The van der Waals surface area contributed by atoms with Crippen molar-refractivity contribution >= 4 is 7.74 Å². The van der Waals surface area contributed by atoms with E-state index in [1.807, 2.05) is 0 Å². The Hall–Kier alpha value is -0.916. The van der Waals surface area contributed by atoms with Gasteiger partial charge in [-0.15, -0.1) is 0 Å². The maximum absolute atomic E-state index is 2.22. The molecule has 2 aromatic carbocycles. The fraction of sp³-hybridized carbons (Fsp3) is 0. The van der Waals surface area contributed by atoms with Gasteiger partial charge in [0.25, 0.3) is 0 Å². The van der Waals surface area contributed by atoms with Gasteiger partial charge in [-0.05, 0) is 0 Å². The zero-order valence-electron chi connectivity index (χ0n) is 7.68. The zero-order valence-corrected chi connectivity index (χ0v) is 9.24. The third-order valence-electron chi connectivity index (χ3n) is 1.84. The van der Waals surface area contributed by atoms with Crippen LogP contribution in [-0.4, -0.2) is 0 Å². The molecule has 0 heterocycles. The van der Waals surface area contributed by atoms with Gasteiger partial charge in [0.15, 0.2) is 0 Å². The van der Waals surface area contributed by atoms with Gasteiger partial charge in [0.05, 0.1) is 0 Å². The Kier molecular flexibility index (Phi) is 4.58. The average molecular weight is 222 g/mol. The summed E-state index contributed by atoms with van der Waals surface area (Å²) in [4.78, 5) is 0. The predicted octanol–water partition coefficient (Wildman–Crippen LogP) is 1.87. The van der Waals surface area contributed by atoms with Gasteiger partial charge in [0.1, 0.15) is 0 Å². The summed E-state index contributed by atoms with van der Waals surface area (Å²) in [7, 11) is 0. The third kappa shape index (κ3) is 3.09. The van der Waals surface area contributed by atoms with Crippen molar-refractivity contribution in [3.05, 3.63) is 60.7 Å². The molecular weight excluding hydrogens is 211 g/mol. The average Bonchev–Trinajstić information content (AvgIpc) is 2.21. The molecule has 2 rings (SSSR count). The van der Waals surface area contributed by atoms with Crippen LogP contribution in [0.15, 0.2) is 60.7 Å². The summed E-state index contributed by atoms with van der Waals surface area (Å²) in [5.74, 6) is 0. The summed E-state index contributed by atoms with van der Waals surface area (Å²) in [6, 6.07) is 21.5. The van der Waals surface area contributed by atoms with E-state index in [9.17, 15) is 0 Å². The third-order valence-corrected chi connectivity index (χ3v) is 3.78. The van der Waals surface area contributed by atoms with Crippen LogP contribution in [0, 0.1) is 0 Å². The van der Waals surface area contributed by atoms with Crippen LogP contribution in [0.5, 0.6) is 0 Å². The van der Waals surface area contributed by atoms with Crippen molar-refractivity contribution in [1.29, 1.82) is 0 Å². The van der Waals surface area contributed by atoms with Crippen LogP contribution in [0.25, 0.3) is 0 Å². The van der Waals surface area contributed by atoms with Gasteiger partial charge in [-0.3, -0.25) is 4.70 Å². The molecule has 0 unspecified atom stereocenters. The van der Waals surface area contributed by atoms with E-state index in [0.29, 0.717) is 0 Å². The Balaban J connectivity index is 0.000000980. The Morgan fingerprint density at radius 3 is 1.29 bits per heavy atom. The van der Waals surface area contributed by atoms with Gasteiger partial charge in [-0.25, -0.2) is 0 Å². The molecule has 14 heavy (non-hydrogen) atoms. The van der Waals surface area contributed by atoms with Gasteiger partial charge in [-0.2, -0.15) is 0 Å². The fourth-order valence-electron chi connectivity index (χ4n) is 1.21. The molecule has 0 saturated carbocycles. The van der Waals surface area contributed by atoms with Crippen molar-refractivity contribution in [2.45, 2.75) is 0 Å². The Morgan fingerprint density at radius 2 is 0.929 bits per heavy atom. The molecule has 0 spiro atoms. The Morgan fingerprint density at radius 1 is 0.571 bits per heavy atom. The maximum atomic E-state index is 2.22. The van der Waals surface area contributed by atoms with Crippen LogP contribution in [0.4, 0.5) is 4.70 Å². The van der Waals surface area contributed by atoms with Crippen molar-refractivity contribution < 1.29 is 23.9 Å². The number of rotatable bonds is 2. The molecular formula is C12H11FTi. The van der Waals surface area contributed by atoms with Crippen LogP contribution >= 0.6 is 0 Å². The molecule has 2 heteroatoms. The molecule has 0 atom stereocenters. The van der Waals surface area contributed by atoms with Gasteiger partial charge < -0.3 is 0 Å². The summed E-state index contributed by atoms with van der Waals surface area (Å²) >= 11 is -0.108. The minimum atomic E-state index is -0.108. The van der Waals surface area contributed by atoms with E-state index in [4.69, 9.17) is 0 Å². The first-order valence-corrected chi connectivity index (χ1v) is 5.88. The van der Waals surface area contributed by atoms with E-state index in [0.717, 1.165) is 0 Å². The molecule has 0 nitrogen and oxygen atoms in total. The number of hydrogen-bond donors (Lipinski definition) is 0. The standard InChI is InChI=1S/2C6H5.FH.Ti/c2*1-2-4-6-5-3-1;;/h2*1-5H;1H;. The minimum absolute atomic E-state index is 0. The molecule has 0 aliphatic rings. The van der Waals surface area contributed by atoms with Crippen molar-refractivity contribution in [2.75, 3.05) is 0 Å². The molecule has 70 valence electrons. The Labute approximate surface area is 92.3 Å². The SMILES string of the molecule is F.c1cc[c]([Ti][c]2ccccc2)cc1. The van der Waals surface area contributed by atoms with E-state index >= 15 is 0 Å². The number of hydrogen-bond acceptors (Lipinski definition) is 0. The molecule has 0 saturated heterocycles. The summed E-state index contributed by atoms with van der Waals surface area (Å²) < 4.78 is 2.99. The van der Waals surface area contributed by atoms with Crippen LogP contribution in [0.3, 0.4) is 0 Å². The molecule has 0 N–H and O–H groups in total. The van der Waals surface area contributed by atoms with E-state index in [1.165, 1.54) is 7.74 Å². The van der Waals surface area contributed by atoms with Crippen LogP contribution < -0.4 is 7.74 Å². The van der Waals surface area contributed by atoms with Crippen molar-refractivity contribution in [3.63, 3.8) is 0 Å². The molecule has 0 bridgehead atoms. The molecule has 0 radical (unpaired) electrons.